The smallest absolute Gasteiger partial charge is 0.407 e. The van der Waals surface area contributed by atoms with E-state index in [1.807, 2.05) is 6.92 Å². The first-order valence-electron chi connectivity index (χ1n) is 4.64. The SMILES string of the molecule is CCOC(=O)NC(CC)CC(=O)OC. The molecular weight excluding hydrogens is 186 g/mol. The zero-order valence-electron chi connectivity index (χ0n) is 8.83. The number of hydrogen-bond donors (Lipinski definition) is 1. The summed E-state index contributed by atoms with van der Waals surface area (Å²) in [5, 5.41) is 2.57. The molecule has 0 rings (SSSR count). The second-order valence-electron chi connectivity index (χ2n) is 2.75. The monoisotopic (exact) mass is 203 g/mol. The normalized spacial score (nSPS) is 11.6. The molecule has 0 aromatic carbocycles. The number of carbonyl (C=O) groups is 2. The van der Waals surface area contributed by atoms with Gasteiger partial charge in [-0.2, -0.15) is 0 Å². The van der Waals surface area contributed by atoms with Crippen molar-refractivity contribution < 1.29 is 19.1 Å². The third kappa shape index (κ3) is 5.40. The van der Waals surface area contributed by atoms with Crippen molar-refractivity contribution in [2.75, 3.05) is 13.7 Å². The van der Waals surface area contributed by atoms with Gasteiger partial charge in [-0.25, -0.2) is 4.79 Å². The van der Waals surface area contributed by atoms with Gasteiger partial charge in [0, 0.05) is 6.04 Å². The number of nitrogens with one attached hydrogen (secondary N) is 1. The van der Waals surface area contributed by atoms with Gasteiger partial charge in [0.25, 0.3) is 0 Å². The van der Waals surface area contributed by atoms with Gasteiger partial charge in [-0.15, -0.1) is 0 Å². The van der Waals surface area contributed by atoms with Crippen LogP contribution >= 0.6 is 0 Å². The molecule has 82 valence electrons. The number of ether oxygens (including phenoxy) is 2. The van der Waals surface area contributed by atoms with Crippen molar-refractivity contribution in [2.24, 2.45) is 0 Å². The van der Waals surface area contributed by atoms with Crippen LogP contribution < -0.4 is 5.32 Å². The molecule has 1 unspecified atom stereocenters. The van der Waals surface area contributed by atoms with E-state index in [-0.39, 0.29) is 18.4 Å². The molecule has 1 amide bonds. The van der Waals surface area contributed by atoms with E-state index in [9.17, 15) is 9.59 Å². The van der Waals surface area contributed by atoms with E-state index < -0.39 is 6.09 Å². The third-order valence-electron chi connectivity index (χ3n) is 1.73. The van der Waals surface area contributed by atoms with Crippen molar-refractivity contribution in [3.05, 3.63) is 0 Å². The number of amides is 1. The van der Waals surface area contributed by atoms with Gasteiger partial charge >= 0.3 is 12.1 Å². The maximum Gasteiger partial charge on any atom is 0.407 e. The molecule has 0 aromatic rings. The average Bonchev–Trinajstić information content (AvgIpc) is 2.16. The molecule has 0 saturated carbocycles. The zero-order valence-corrected chi connectivity index (χ0v) is 8.83. The summed E-state index contributed by atoms with van der Waals surface area (Å²) in [6.45, 7) is 3.92. The molecule has 5 heteroatoms. The molecule has 0 aliphatic carbocycles. The summed E-state index contributed by atoms with van der Waals surface area (Å²) >= 11 is 0. The fourth-order valence-electron chi connectivity index (χ4n) is 0.921. The lowest BCUT2D eigenvalue weighted by atomic mass is 10.1. The number of esters is 1. The maximum absolute atomic E-state index is 11.0. The van der Waals surface area contributed by atoms with E-state index in [4.69, 9.17) is 0 Å². The summed E-state index contributed by atoms with van der Waals surface area (Å²) in [6, 6.07) is -0.221. The number of hydrogen-bond acceptors (Lipinski definition) is 4. The fourth-order valence-corrected chi connectivity index (χ4v) is 0.921. The quantitative estimate of drug-likeness (QED) is 0.679. The third-order valence-corrected chi connectivity index (χ3v) is 1.73. The van der Waals surface area contributed by atoms with E-state index in [1.165, 1.54) is 7.11 Å². The van der Waals surface area contributed by atoms with Crippen LogP contribution in [0.5, 0.6) is 0 Å². The van der Waals surface area contributed by atoms with Crippen LogP contribution in [0.3, 0.4) is 0 Å². The fraction of sp³-hybridized carbons (Fsp3) is 0.778. The minimum absolute atomic E-state index is 0.172. The lowest BCUT2D eigenvalue weighted by Gasteiger charge is -2.14. The van der Waals surface area contributed by atoms with Crippen molar-refractivity contribution in [3.8, 4) is 0 Å². The highest BCUT2D eigenvalue weighted by Crippen LogP contribution is 1.99. The van der Waals surface area contributed by atoms with Gasteiger partial charge in [-0.3, -0.25) is 4.79 Å². The van der Waals surface area contributed by atoms with Crippen molar-refractivity contribution >= 4 is 12.1 Å². The van der Waals surface area contributed by atoms with Gasteiger partial charge < -0.3 is 14.8 Å². The molecule has 0 heterocycles. The topological polar surface area (TPSA) is 64.6 Å². The highest BCUT2D eigenvalue weighted by molar-refractivity contribution is 5.72. The molecule has 5 nitrogen and oxygen atoms in total. The van der Waals surface area contributed by atoms with Gasteiger partial charge in [0.05, 0.1) is 20.1 Å². The minimum atomic E-state index is -0.497. The van der Waals surface area contributed by atoms with Gasteiger partial charge in [0.15, 0.2) is 0 Å². The second kappa shape index (κ2) is 7.17. The first-order chi connectivity index (χ1) is 6.63. The average molecular weight is 203 g/mol. The molecular formula is C9H17NO4. The Morgan fingerprint density at radius 2 is 2.00 bits per heavy atom. The maximum atomic E-state index is 11.0. The molecule has 0 spiro atoms. The van der Waals surface area contributed by atoms with Crippen LogP contribution in [0.15, 0.2) is 0 Å². The van der Waals surface area contributed by atoms with Gasteiger partial charge in [-0.1, -0.05) is 6.92 Å². The van der Waals surface area contributed by atoms with Crippen LogP contribution in [0.4, 0.5) is 4.79 Å². The van der Waals surface area contributed by atoms with E-state index in [1.54, 1.807) is 6.92 Å². The van der Waals surface area contributed by atoms with Gasteiger partial charge in [-0.05, 0) is 13.3 Å². The first kappa shape index (κ1) is 12.7. The van der Waals surface area contributed by atoms with Crippen LogP contribution in [0.1, 0.15) is 26.7 Å². The molecule has 0 saturated heterocycles. The molecule has 0 radical (unpaired) electrons. The Morgan fingerprint density at radius 1 is 1.36 bits per heavy atom. The van der Waals surface area contributed by atoms with Crippen molar-refractivity contribution in [1.29, 1.82) is 0 Å². The predicted octanol–water partition coefficient (Wildman–Crippen LogP) is 1.07. The van der Waals surface area contributed by atoms with Gasteiger partial charge in [0.1, 0.15) is 0 Å². The van der Waals surface area contributed by atoms with E-state index in [0.29, 0.717) is 13.0 Å². The number of carbonyl (C=O) groups excluding carboxylic acids is 2. The van der Waals surface area contributed by atoms with Crippen LogP contribution in [-0.4, -0.2) is 31.8 Å². The summed E-state index contributed by atoms with van der Waals surface area (Å²) < 4.78 is 9.18. The zero-order chi connectivity index (χ0) is 11.0. The molecule has 0 aliphatic rings. The molecule has 14 heavy (non-hydrogen) atoms. The lowest BCUT2D eigenvalue weighted by molar-refractivity contribution is -0.141. The Balaban J connectivity index is 3.89. The molecule has 0 aliphatic heterocycles. The Kier molecular flexibility index (Phi) is 6.53. The van der Waals surface area contributed by atoms with E-state index in [2.05, 4.69) is 14.8 Å². The summed E-state index contributed by atoms with van der Waals surface area (Å²) in [7, 11) is 1.32. The standard InChI is InChI=1S/C9H17NO4/c1-4-7(6-8(11)13-3)10-9(12)14-5-2/h7H,4-6H2,1-3H3,(H,10,12). The number of methoxy groups -OCH3 is 1. The Hall–Kier alpha value is -1.26. The number of rotatable bonds is 5. The molecule has 1 N–H and O–H groups in total. The van der Waals surface area contributed by atoms with Crippen LogP contribution in [0, 0.1) is 0 Å². The molecule has 0 aromatic heterocycles. The minimum Gasteiger partial charge on any atom is -0.469 e. The van der Waals surface area contributed by atoms with Crippen molar-refractivity contribution in [3.63, 3.8) is 0 Å². The van der Waals surface area contributed by atoms with Crippen molar-refractivity contribution in [2.45, 2.75) is 32.7 Å². The highest BCUT2D eigenvalue weighted by Gasteiger charge is 2.15. The largest absolute Gasteiger partial charge is 0.469 e. The number of alkyl carbamates (subject to hydrolysis) is 1. The van der Waals surface area contributed by atoms with Crippen LogP contribution in [0.2, 0.25) is 0 Å². The van der Waals surface area contributed by atoms with E-state index >= 15 is 0 Å². The lowest BCUT2D eigenvalue weighted by Crippen LogP contribution is -2.36. The summed E-state index contributed by atoms with van der Waals surface area (Å²) in [4.78, 5) is 21.9. The Bertz CT molecular complexity index is 193. The molecule has 0 bridgehead atoms. The summed E-state index contributed by atoms with van der Waals surface area (Å²) in [6.07, 6.45) is 0.336. The van der Waals surface area contributed by atoms with Crippen molar-refractivity contribution in [1.82, 2.24) is 5.32 Å². The Morgan fingerprint density at radius 3 is 2.43 bits per heavy atom. The first-order valence-corrected chi connectivity index (χ1v) is 4.64. The van der Waals surface area contributed by atoms with Crippen LogP contribution in [0.25, 0.3) is 0 Å². The Labute approximate surface area is 83.8 Å². The summed E-state index contributed by atoms with van der Waals surface area (Å²) in [5.41, 5.74) is 0. The molecule has 0 fully saturated rings. The predicted molar refractivity (Wildman–Crippen MR) is 50.9 cm³/mol. The van der Waals surface area contributed by atoms with Gasteiger partial charge in [0.2, 0.25) is 0 Å². The van der Waals surface area contributed by atoms with Crippen LogP contribution in [-0.2, 0) is 14.3 Å². The summed E-state index contributed by atoms with van der Waals surface area (Å²) in [5.74, 6) is -0.339. The second-order valence-corrected chi connectivity index (χ2v) is 2.75. The van der Waals surface area contributed by atoms with E-state index in [0.717, 1.165) is 0 Å². The molecule has 1 atom stereocenters. The highest BCUT2D eigenvalue weighted by atomic mass is 16.5.